The summed E-state index contributed by atoms with van der Waals surface area (Å²) in [4.78, 5) is 15.3. The number of furan rings is 1. The minimum absolute atomic E-state index is 0.120. The van der Waals surface area contributed by atoms with Crippen molar-refractivity contribution in [1.29, 1.82) is 0 Å². The van der Waals surface area contributed by atoms with Crippen LogP contribution in [0.25, 0.3) is 16.1 Å². The number of hydrogen-bond donors (Lipinski definition) is 1. The molecule has 0 radical (unpaired) electrons. The zero-order valence-corrected chi connectivity index (χ0v) is 15.7. The van der Waals surface area contributed by atoms with Gasteiger partial charge in [-0.1, -0.05) is 30.3 Å². The summed E-state index contributed by atoms with van der Waals surface area (Å²) in [5, 5.41) is 9.81. The lowest BCUT2D eigenvalue weighted by Gasteiger charge is -2.15. The van der Waals surface area contributed by atoms with Gasteiger partial charge in [0, 0.05) is 11.1 Å². The van der Waals surface area contributed by atoms with Crippen LogP contribution in [-0.2, 0) is 15.5 Å². The van der Waals surface area contributed by atoms with Crippen molar-refractivity contribution in [3.63, 3.8) is 0 Å². The van der Waals surface area contributed by atoms with Crippen LogP contribution in [0.4, 0.5) is 0 Å². The van der Waals surface area contributed by atoms with Gasteiger partial charge in [0.1, 0.15) is 15.8 Å². The zero-order chi connectivity index (χ0) is 20.1. The normalized spacial score (nSPS) is 12.6. The highest BCUT2D eigenvalue weighted by molar-refractivity contribution is 7.93. The summed E-state index contributed by atoms with van der Waals surface area (Å²) >= 11 is 0. The largest absolute Gasteiger partial charge is 0.495 e. The van der Waals surface area contributed by atoms with Crippen molar-refractivity contribution in [3.8, 4) is 16.9 Å². The lowest BCUT2D eigenvalue weighted by Crippen LogP contribution is -2.11. The molecule has 3 rings (SSSR count). The Balaban J connectivity index is 2.20. The Morgan fingerprint density at radius 3 is 2.57 bits per heavy atom. The molecule has 0 aliphatic carbocycles. The number of hydrogen-bond acceptors (Lipinski definition) is 5. The Hall–Kier alpha value is -3.57. The van der Waals surface area contributed by atoms with Crippen LogP contribution in [0.5, 0.6) is 5.75 Å². The summed E-state index contributed by atoms with van der Waals surface area (Å²) in [6.07, 6.45) is 2.95. The molecule has 3 aromatic rings. The summed E-state index contributed by atoms with van der Waals surface area (Å²) in [7, 11) is -1.82. The molecular weight excluding hydrogens is 380 g/mol. The molecule has 0 amide bonds. The van der Waals surface area contributed by atoms with E-state index in [2.05, 4.69) is 9.43 Å². The Morgan fingerprint density at radius 1 is 1.25 bits per heavy atom. The standard InChI is InChI=1S/C20H16N2O5S/c1-21-22-28(25,16-6-4-3-5-7-16)13-15-8-9-17(14-10-11-27-12-14)19(26-2)18(15)20(23)24/h3-12H,13H2,2H3,(H,23,24). The molecule has 1 N–H and O–H groups in total. The van der Waals surface area contributed by atoms with Gasteiger partial charge in [0.2, 0.25) is 0 Å². The Bertz CT molecular complexity index is 1160. The van der Waals surface area contributed by atoms with Crippen molar-refractivity contribution < 1.29 is 23.3 Å². The first-order valence-electron chi connectivity index (χ1n) is 8.11. The fraction of sp³-hybridized carbons (Fsp3) is 0.100. The van der Waals surface area contributed by atoms with Crippen molar-refractivity contribution in [3.05, 3.63) is 83.7 Å². The first kappa shape index (κ1) is 19.2. The second kappa shape index (κ2) is 7.98. The van der Waals surface area contributed by atoms with Gasteiger partial charge in [-0.2, -0.15) is 6.57 Å². The molecule has 0 bridgehead atoms. The van der Waals surface area contributed by atoms with E-state index in [4.69, 9.17) is 15.7 Å². The van der Waals surface area contributed by atoms with Gasteiger partial charge >= 0.3 is 5.97 Å². The van der Waals surface area contributed by atoms with Crippen LogP contribution in [0.15, 0.2) is 74.8 Å². The second-order valence-corrected chi connectivity index (χ2v) is 7.98. The molecule has 1 aromatic heterocycles. The minimum atomic E-state index is -3.19. The van der Waals surface area contributed by atoms with Gasteiger partial charge in [0.05, 0.1) is 30.3 Å². The molecule has 28 heavy (non-hydrogen) atoms. The van der Waals surface area contributed by atoms with Crippen LogP contribution in [0, 0.1) is 6.57 Å². The van der Waals surface area contributed by atoms with E-state index in [9.17, 15) is 14.1 Å². The molecule has 0 aliphatic heterocycles. The van der Waals surface area contributed by atoms with E-state index >= 15 is 0 Å². The Kier molecular flexibility index (Phi) is 5.47. The monoisotopic (exact) mass is 396 g/mol. The third-order valence-electron chi connectivity index (χ3n) is 4.13. The van der Waals surface area contributed by atoms with Crippen LogP contribution >= 0.6 is 0 Å². The van der Waals surface area contributed by atoms with E-state index in [1.807, 2.05) is 0 Å². The smallest absolute Gasteiger partial charge is 0.339 e. The number of carboxylic acids is 1. The van der Waals surface area contributed by atoms with Gasteiger partial charge in [-0.25, -0.2) is 9.00 Å². The third-order valence-corrected chi connectivity index (χ3v) is 6.19. The second-order valence-electron chi connectivity index (χ2n) is 5.78. The van der Waals surface area contributed by atoms with Gasteiger partial charge in [0.15, 0.2) is 9.73 Å². The molecule has 0 fully saturated rings. The topological polar surface area (TPSA) is 93.5 Å². The lowest BCUT2D eigenvalue weighted by molar-refractivity contribution is 0.0692. The molecule has 7 nitrogen and oxygen atoms in total. The maximum atomic E-state index is 13.4. The average Bonchev–Trinajstić information content (AvgIpc) is 3.22. The van der Waals surface area contributed by atoms with E-state index in [1.165, 1.54) is 19.6 Å². The molecule has 1 atom stereocenters. The molecule has 0 saturated carbocycles. The average molecular weight is 396 g/mol. The van der Waals surface area contributed by atoms with Gasteiger partial charge in [-0.15, -0.1) is 4.95 Å². The Labute approximate surface area is 162 Å². The molecule has 0 saturated heterocycles. The predicted molar refractivity (Wildman–Crippen MR) is 103 cm³/mol. The van der Waals surface area contributed by atoms with Crippen molar-refractivity contribution in [1.82, 2.24) is 0 Å². The van der Waals surface area contributed by atoms with Crippen molar-refractivity contribution in [2.75, 3.05) is 7.11 Å². The minimum Gasteiger partial charge on any atom is -0.495 e. The third kappa shape index (κ3) is 3.61. The maximum absolute atomic E-state index is 13.4. The van der Waals surface area contributed by atoms with Crippen LogP contribution in [0.1, 0.15) is 15.9 Å². The number of rotatable bonds is 6. The summed E-state index contributed by atoms with van der Waals surface area (Å²) in [6.45, 7) is 7.05. The predicted octanol–water partition coefficient (Wildman–Crippen LogP) is 4.51. The van der Waals surface area contributed by atoms with Gasteiger partial charge in [-0.05, 0) is 23.8 Å². The van der Waals surface area contributed by atoms with E-state index in [-0.39, 0.29) is 22.6 Å². The number of carbonyl (C=O) groups is 1. The summed E-state index contributed by atoms with van der Waals surface area (Å²) < 4.78 is 27.5. The summed E-state index contributed by atoms with van der Waals surface area (Å²) in [5.41, 5.74) is 1.33. The fourth-order valence-electron chi connectivity index (χ4n) is 2.90. The number of benzene rings is 2. The fourth-order valence-corrected chi connectivity index (χ4v) is 4.60. The highest BCUT2D eigenvalue weighted by Crippen LogP contribution is 2.37. The quantitative estimate of drug-likeness (QED) is 0.489. The molecule has 0 spiro atoms. The Morgan fingerprint density at radius 2 is 2.00 bits per heavy atom. The molecule has 1 unspecified atom stereocenters. The number of methoxy groups -OCH3 is 1. The molecule has 142 valence electrons. The summed E-state index contributed by atoms with van der Waals surface area (Å²) in [5.74, 6) is -1.33. The zero-order valence-electron chi connectivity index (χ0n) is 14.9. The van der Waals surface area contributed by atoms with E-state index in [1.54, 1.807) is 48.5 Å². The first-order chi connectivity index (χ1) is 13.5. The van der Waals surface area contributed by atoms with Gasteiger partial charge in [0.25, 0.3) is 0 Å². The number of nitrogens with zero attached hydrogens (tertiary/aromatic N) is 2. The molecular formula is C20H16N2O5S. The number of carboxylic acid groups (broad SMARTS) is 1. The van der Waals surface area contributed by atoms with Gasteiger partial charge in [-0.3, -0.25) is 0 Å². The number of aromatic carboxylic acids is 1. The molecule has 1 heterocycles. The van der Waals surface area contributed by atoms with Crippen LogP contribution in [-0.4, -0.2) is 22.4 Å². The van der Waals surface area contributed by atoms with E-state index in [0.717, 1.165) is 0 Å². The SMILES string of the molecule is [C-]#[N+]N=S(=O)(Cc1ccc(-c2ccoc2)c(OC)c1C(=O)O)c1ccccc1. The number of ether oxygens (including phenoxy) is 1. The lowest BCUT2D eigenvalue weighted by atomic mass is 9.99. The van der Waals surface area contributed by atoms with Crippen LogP contribution in [0.3, 0.4) is 0 Å². The molecule has 8 heteroatoms. The van der Waals surface area contributed by atoms with Crippen LogP contribution < -0.4 is 4.74 Å². The molecule has 0 aliphatic rings. The highest BCUT2D eigenvalue weighted by Gasteiger charge is 2.26. The van der Waals surface area contributed by atoms with Crippen molar-refractivity contribution >= 4 is 15.7 Å². The van der Waals surface area contributed by atoms with Crippen molar-refractivity contribution in [2.45, 2.75) is 10.6 Å². The highest BCUT2D eigenvalue weighted by atomic mass is 32.2. The summed E-state index contributed by atoms with van der Waals surface area (Å²) in [6, 6.07) is 13.3. The van der Waals surface area contributed by atoms with E-state index < -0.39 is 15.7 Å². The van der Waals surface area contributed by atoms with Gasteiger partial charge < -0.3 is 14.3 Å². The van der Waals surface area contributed by atoms with Crippen molar-refractivity contribution in [2.24, 2.45) is 4.47 Å². The van der Waals surface area contributed by atoms with Crippen LogP contribution in [0.2, 0.25) is 0 Å². The molecule has 2 aromatic carbocycles. The maximum Gasteiger partial charge on any atom is 0.339 e. The first-order valence-corrected chi connectivity index (χ1v) is 9.80. The van der Waals surface area contributed by atoms with E-state index in [0.29, 0.717) is 16.0 Å².